The number of halogens is 2. The van der Waals surface area contributed by atoms with Gasteiger partial charge in [-0.3, -0.25) is 116 Å². The van der Waals surface area contributed by atoms with Crippen LogP contribution in [0.5, 0.6) is 0 Å². The molecule has 814 valence electrons. The van der Waals surface area contributed by atoms with Crippen molar-refractivity contribution in [2.24, 2.45) is 100 Å². The Morgan fingerprint density at radius 3 is 0.476 bits per heavy atom. The summed E-state index contributed by atoms with van der Waals surface area (Å²) in [7, 11) is 21.7. The summed E-state index contributed by atoms with van der Waals surface area (Å²) in [6.07, 6.45) is 36.0. The molecule has 16 N–H and O–H groups in total. The van der Waals surface area contributed by atoms with Crippen LogP contribution in [-0.4, -0.2) is 424 Å². The maximum Gasteiger partial charge on any atom is 0.253 e. The second-order valence-electron chi connectivity index (χ2n) is 36.2. The van der Waals surface area contributed by atoms with Gasteiger partial charge in [-0.15, -0.1) is 0 Å². The van der Waals surface area contributed by atoms with Gasteiger partial charge < -0.3 is 107 Å². The molecular formula is C98H142Cl2N16O30S. The molecule has 14 fully saturated rings. The maximum absolute atomic E-state index is 12.2. The van der Waals surface area contributed by atoms with Crippen molar-refractivity contribution in [1.29, 1.82) is 0 Å². The molecule has 14 bridgehead atoms. The Morgan fingerprint density at radius 1 is 0.245 bits per heavy atom. The first-order valence-electron chi connectivity index (χ1n) is 49.3. The smallest absolute Gasteiger partial charge is 0.253 e. The van der Waals surface area contributed by atoms with E-state index in [0.717, 1.165) is 100 Å². The predicted molar refractivity (Wildman–Crippen MR) is 529 cm³/mol. The Kier molecular flexibility index (Phi) is 48.1. The number of imide groups is 8. The van der Waals surface area contributed by atoms with E-state index in [1.807, 2.05) is 132 Å². The van der Waals surface area contributed by atoms with Crippen LogP contribution in [0.15, 0.2) is 126 Å². The monoisotopic (exact) mass is 2120 g/mol. The zero-order chi connectivity index (χ0) is 108. The quantitative estimate of drug-likeness (QED) is 0.0157. The van der Waals surface area contributed by atoms with Crippen LogP contribution in [0.3, 0.4) is 0 Å². The Balaban J connectivity index is 0.000000182. The van der Waals surface area contributed by atoms with E-state index in [-0.39, 0.29) is 263 Å². The number of carbonyl (C=O) groups is 16. The van der Waals surface area contributed by atoms with Gasteiger partial charge >= 0.3 is 0 Å². The maximum atomic E-state index is 12.2. The summed E-state index contributed by atoms with van der Waals surface area (Å²) in [5.74, 6) is -4.96. The summed E-state index contributed by atoms with van der Waals surface area (Å²) in [5.41, 5.74) is 16.0. The molecule has 28 unspecified atom stereocenters. The molecule has 23 rings (SSSR count). The van der Waals surface area contributed by atoms with Gasteiger partial charge in [0, 0.05) is 121 Å². The Labute approximate surface area is 864 Å². The average Bonchev–Trinajstić information content (AvgIpc) is 1.37. The summed E-state index contributed by atoms with van der Waals surface area (Å²) in [6, 6.07) is 3.67. The van der Waals surface area contributed by atoms with Crippen LogP contribution in [0, 0.1) is 82.9 Å². The van der Waals surface area contributed by atoms with Gasteiger partial charge in [-0.25, -0.2) is 4.21 Å². The van der Waals surface area contributed by atoms with Crippen molar-refractivity contribution < 1.29 is 144 Å². The third-order valence-corrected chi connectivity index (χ3v) is 28.1. The highest BCUT2D eigenvalue weighted by atomic mass is 36.0. The molecule has 16 amide bonds. The minimum absolute atomic E-state index is 0.0482. The van der Waals surface area contributed by atoms with Crippen molar-refractivity contribution in [3.8, 4) is 0 Å². The van der Waals surface area contributed by atoms with Crippen LogP contribution in [0.25, 0.3) is 0 Å². The van der Waals surface area contributed by atoms with E-state index in [9.17, 15) is 76.7 Å². The van der Waals surface area contributed by atoms with E-state index in [1.54, 1.807) is 12.5 Å². The van der Waals surface area contributed by atoms with Gasteiger partial charge in [-0.05, 0) is 151 Å². The zero-order valence-corrected chi connectivity index (χ0v) is 86.4. The number of rotatable bonds is 29. The van der Waals surface area contributed by atoms with E-state index in [4.69, 9.17) is 80.1 Å². The van der Waals surface area contributed by atoms with Crippen molar-refractivity contribution in [3.63, 3.8) is 0 Å². The van der Waals surface area contributed by atoms with Gasteiger partial charge in [-0.1, -0.05) is 85.1 Å². The van der Waals surface area contributed by atoms with E-state index in [2.05, 4.69) is 52.4 Å². The van der Waals surface area contributed by atoms with E-state index < -0.39 is 9.23 Å². The molecule has 0 aliphatic carbocycles. The van der Waals surface area contributed by atoms with Crippen molar-refractivity contribution in [1.82, 2.24) is 65.8 Å². The van der Waals surface area contributed by atoms with E-state index in [0.29, 0.717) is 91.3 Å². The summed E-state index contributed by atoms with van der Waals surface area (Å²) < 4.78 is 52.5. The molecular weight excluding hydrogens is 1980 g/mol. The predicted octanol–water partition coefficient (Wildman–Crippen LogP) is -4.16. The molecule has 46 nitrogen and oxygen atoms in total. The number of ether oxygens (including phenoxy) is 7. The highest BCUT2D eigenvalue weighted by Gasteiger charge is 2.67. The van der Waals surface area contributed by atoms with Crippen LogP contribution < -0.4 is 43.8 Å². The lowest BCUT2D eigenvalue weighted by atomic mass is 9.85. The molecule has 1 aromatic rings. The Bertz CT molecular complexity index is 4240. The largest absolute Gasteiger partial charge is 0.473 e. The second kappa shape index (κ2) is 58.6. The van der Waals surface area contributed by atoms with Gasteiger partial charge in [0.25, 0.3) is 11.8 Å². The first-order valence-corrected chi connectivity index (χ1v) is 52.1. The molecule has 147 heavy (non-hydrogen) atoms. The fraction of sp³-hybridized carbons (Fsp3) is 0.633. The van der Waals surface area contributed by atoms with E-state index in [1.165, 1.54) is 51.4 Å². The normalized spacial score (nSPS) is 32.8. The zero-order valence-electron chi connectivity index (χ0n) is 84.1. The molecule has 1 aromatic heterocycles. The van der Waals surface area contributed by atoms with Crippen LogP contribution in [0.4, 0.5) is 0 Å². The molecule has 0 spiro atoms. The highest BCUT2D eigenvalue weighted by molar-refractivity contribution is 8.26. The lowest BCUT2D eigenvalue weighted by Gasteiger charge is -2.17. The first-order chi connectivity index (χ1) is 71.1. The lowest BCUT2D eigenvalue weighted by molar-refractivity contribution is -0.144. The number of aliphatic hydroxyl groups excluding tert-OH is 5. The van der Waals surface area contributed by atoms with Crippen LogP contribution in [0.1, 0.15) is 51.4 Å². The lowest BCUT2D eigenvalue weighted by Crippen LogP contribution is -2.36. The van der Waals surface area contributed by atoms with Crippen molar-refractivity contribution in [2.75, 3.05) is 176 Å². The van der Waals surface area contributed by atoms with Crippen molar-refractivity contribution >= 4 is 125 Å². The average molecular weight is 2130 g/mol. The summed E-state index contributed by atoms with van der Waals surface area (Å²) >= 11 is 0. The topological polar surface area (TPSA) is 633 Å². The number of amides is 16. The number of hydrogen-bond donors (Lipinski definition) is 13. The van der Waals surface area contributed by atoms with E-state index >= 15 is 0 Å². The summed E-state index contributed by atoms with van der Waals surface area (Å²) in [6.45, 7) is 9.47. The Morgan fingerprint density at radius 2 is 0.367 bits per heavy atom. The summed E-state index contributed by atoms with van der Waals surface area (Å²) in [5, 5.41) is 50.1. The fourth-order valence-corrected chi connectivity index (χ4v) is 21.8. The van der Waals surface area contributed by atoms with Crippen molar-refractivity contribution in [3.05, 3.63) is 122 Å². The Hall–Kier alpha value is -9.75. The third kappa shape index (κ3) is 26.5. The molecule has 0 radical (unpaired) electrons. The molecule has 22 aliphatic heterocycles. The number of nitrogens with zero attached hydrogens (tertiary/aromatic N) is 8. The van der Waals surface area contributed by atoms with Crippen LogP contribution in [-0.2, 0) is 119 Å². The molecule has 49 heteroatoms. The van der Waals surface area contributed by atoms with Crippen molar-refractivity contribution in [2.45, 2.75) is 137 Å². The first kappa shape index (κ1) is 121. The number of carbonyl (C=O) groups excluding carboxylic acids is 16. The number of nitrogens with one attached hydrogen (secondary N) is 5. The minimum atomic E-state index is -1.67. The number of aliphatic hydroxyl groups is 5. The number of nitrogens with two attached hydrogens (primary N) is 3. The minimum Gasteiger partial charge on any atom is -0.473 e. The van der Waals surface area contributed by atoms with Gasteiger partial charge in [0.15, 0.2) is 0 Å². The molecule has 14 saturated heterocycles. The van der Waals surface area contributed by atoms with Crippen LogP contribution in [0.2, 0.25) is 0 Å². The van der Waals surface area contributed by atoms with Gasteiger partial charge in [0.1, 0.15) is 0 Å². The number of hydrogen-bond acceptors (Lipinski definition) is 38. The second-order valence-corrected chi connectivity index (χ2v) is 38.7. The fourth-order valence-electron chi connectivity index (χ4n) is 21.8. The van der Waals surface area contributed by atoms with Gasteiger partial charge in [0.05, 0.1) is 181 Å². The molecule has 0 aromatic carbocycles. The SMILES string of the molecule is CNCCCN1C(=O)C2C3C=CC(O3)C2C1=O.CNCCCN1C(=O)C2C3C=CC(O3)C2C1=O.CNCCCN1C(=O)C2C3C=CC(O3)C2C1=O.CNCCCN1C(=O)C2C3C=CC(O3)C2C1=O.CNCCCN1C(=O)C2C3C=CC(O3)C2C1=O.CO.CO.CO.CO.CO.NCCCN1C(=O)C2C3C=CC(O3)C2C1=O.NCCCN1C(=O)C2C3C=CC(O3)C2C1=O.NCCCN1C(=O)C=CC1=O.O=S(Cl)Cl.c1ccoc1. The molecule has 22 aliphatic rings. The van der Waals surface area contributed by atoms with Gasteiger partial charge in [-0.2, -0.15) is 0 Å². The number of fused-ring (bicyclic) bond motifs is 35. The number of furan rings is 1. The standard InChI is InChI=1S/5C12H16N2O3.2C11H14N2O3.C7H10N2O2.C4H4O.5CH4O.Cl2OS/c5*1-13-5-2-6-14-11(15)9-7-3-4-8(17-7)10(9)12(14)16;2*12-4-1-5-13-10(14)8-6-2-3-7(16-6)9(8)11(13)15;8-4-1-5-9-6(10)2-3-7(9)11;1-2-4-5-3-1;5*1-2;1-4(2)3/h5*3-4,7-10,13H,2,5-6H2,1H3;2*2-3,6-9H,1,4-5,12H2;2-3H,1,4-5,8H2;1-4H;5*2H,1H3;. The van der Waals surface area contributed by atoms with Gasteiger partial charge in [0.2, 0.25) is 91.9 Å². The molecule has 23 heterocycles. The third-order valence-electron chi connectivity index (χ3n) is 28.1. The number of likely N-dealkylation sites (tertiary alicyclic amines) is 7. The molecule has 0 saturated carbocycles. The summed E-state index contributed by atoms with van der Waals surface area (Å²) in [4.78, 5) is 202. The van der Waals surface area contributed by atoms with Crippen LogP contribution >= 0.6 is 21.4 Å². The molecule has 28 atom stereocenters. The highest BCUT2D eigenvalue weighted by Crippen LogP contribution is 2.52.